The zero-order chi connectivity index (χ0) is 28.6. The molecule has 9 heteroatoms. The summed E-state index contributed by atoms with van der Waals surface area (Å²) in [6.45, 7) is 10.8. The van der Waals surface area contributed by atoms with E-state index >= 15 is 0 Å². The maximum Gasteiger partial charge on any atom is 0.218 e. The lowest BCUT2D eigenvalue weighted by atomic mass is 9.96. The number of rotatable bonds is 9. The molecule has 0 unspecified atom stereocenters. The van der Waals surface area contributed by atoms with Gasteiger partial charge in [0.05, 0.1) is 28.5 Å². The Kier molecular flexibility index (Phi) is 8.22. The number of aromatic nitrogens is 3. The summed E-state index contributed by atoms with van der Waals surface area (Å²) < 4.78 is 7.63. The number of β-amino-alcohol motifs (C(OH)–C–C–N with tert-alkyl or cyclic N) is 1. The van der Waals surface area contributed by atoms with Crippen LogP contribution in [0.1, 0.15) is 37.6 Å². The van der Waals surface area contributed by atoms with E-state index in [2.05, 4.69) is 42.0 Å². The van der Waals surface area contributed by atoms with Crippen LogP contribution in [0.2, 0.25) is 10.0 Å². The van der Waals surface area contributed by atoms with Crippen LogP contribution in [0.25, 0.3) is 28.2 Å². The number of nitrogens with zero attached hydrogens (tertiary/aromatic N) is 4. The van der Waals surface area contributed by atoms with E-state index < -0.39 is 5.60 Å². The molecule has 0 spiro atoms. The molecule has 0 bridgehead atoms. The second-order valence-corrected chi connectivity index (χ2v) is 11.8. The number of hydrogen-bond acceptors (Lipinski definition) is 6. The third-order valence-corrected chi connectivity index (χ3v) is 8.00. The van der Waals surface area contributed by atoms with E-state index in [1.807, 2.05) is 54.1 Å². The minimum atomic E-state index is -0.632. The summed E-state index contributed by atoms with van der Waals surface area (Å²) in [6, 6.07) is 14.1. The van der Waals surface area contributed by atoms with E-state index in [-0.39, 0.29) is 0 Å². The van der Waals surface area contributed by atoms with Crippen molar-refractivity contribution in [2.45, 2.75) is 52.4 Å². The minimum absolute atomic E-state index is 0.351. The maximum absolute atomic E-state index is 10.2. The van der Waals surface area contributed by atoms with E-state index in [1.54, 1.807) is 13.3 Å². The van der Waals surface area contributed by atoms with E-state index in [0.717, 1.165) is 39.2 Å². The number of pyridine rings is 2. The molecule has 0 saturated carbocycles. The molecule has 40 heavy (non-hydrogen) atoms. The fourth-order valence-electron chi connectivity index (χ4n) is 5.19. The molecule has 1 saturated heterocycles. The lowest BCUT2D eigenvalue weighted by Gasteiger charge is -2.44. The van der Waals surface area contributed by atoms with Gasteiger partial charge in [-0.05, 0) is 37.6 Å². The molecule has 0 aliphatic carbocycles. The first-order chi connectivity index (χ1) is 19.1. The van der Waals surface area contributed by atoms with Gasteiger partial charge in [0.1, 0.15) is 0 Å². The monoisotopic (exact) mass is 579 g/mol. The molecule has 7 nitrogen and oxygen atoms in total. The first kappa shape index (κ1) is 28.6. The van der Waals surface area contributed by atoms with E-state index in [0.29, 0.717) is 54.0 Å². The van der Waals surface area contributed by atoms with Gasteiger partial charge < -0.3 is 19.7 Å². The van der Waals surface area contributed by atoms with Gasteiger partial charge in [-0.3, -0.25) is 4.90 Å². The average Bonchev–Trinajstić information content (AvgIpc) is 3.26. The SMILES string of the molecule is COc1nc(-c2cccc(-c3ccnc(-n4ccc(C)c4CN4CC(C)(O)C4)c3Cl)c2Cl)ccc1CNC(C)C. The van der Waals surface area contributed by atoms with Crippen LogP contribution in [-0.4, -0.2) is 56.4 Å². The van der Waals surface area contributed by atoms with Crippen LogP contribution in [0.3, 0.4) is 0 Å². The normalized spacial score (nSPS) is 14.9. The fourth-order valence-corrected chi connectivity index (χ4v) is 5.82. The van der Waals surface area contributed by atoms with Gasteiger partial charge in [0, 0.05) is 72.6 Å². The second-order valence-electron chi connectivity index (χ2n) is 11.0. The molecule has 0 radical (unpaired) electrons. The highest BCUT2D eigenvalue weighted by Gasteiger charge is 2.37. The van der Waals surface area contributed by atoms with Crippen LogP contribution in [0.4, 0.5) is 0 Å². The van der Waals surface area contributed by atoms with Crippen molar-refractivity contribution in [3.05, 3.63) is 81.7 Å². The topological polar surface area (TPSA) is 75.4 Å². The van der Waals surface area contributed by atoms with Crippen molar-refractivity contribution in [1.29, 1.82) is 0 Å². The number of nitrogens with one attached hydrogen (secondary N) is 1. The van der Waals surface area contributed by atoms with Gasteiger partial charge in [-0.2, -0.15) is 0 Å². The number of aryl methyl sites for hydroxylation is 1. The summed E-state index contributed by atoms with van der Waals surface area (Å²) in [4.78, 5) is 11.6. The molecule has 1 aliphatic heterocycles. The second kappa shape index (κ2) is 11.5. The molecule has 0 atom stereocenters. The molecule has 0 amide bonds. The maximum atomic E-state index is 10.2. The van der Waals surface area contributed by atoms with Crippen molar-refractivity contribution >= 4 is 23.2 Å². The van der Waals surface area contributed by atoms with E-state index in [4.69, 9.17) is 32.9 Å². The quantitative estimate of drug-likeness (QED) is 0.243. The molecule has 1 aromatic carbocycles. The van der Waals surface area contributed by atoms with Crippen molar-refractivity contribution in [3.8, 4) is 34.1 Å². The molecule has 2 N–H and O–H groups in total. The first-order valence-electron chi connectivity index (χ1n) is 13.4. The molecule has 210 valence electrons. The lowest BCUT2D eigenvalue weighted by Crippen LogP contribution is -2.59. The Hall–Kier alpha value is -2.94. The fraction of sp³-hybridized carbons (Fsp3) is 0.355. The molecular weight excluding hydrogens is 545 g/mol. The highest BCUT2D eigenvalue weighted by Crippen LogP contribution is 2.41. The minimum Gasteiger partial charge on any atom is -0.481 e. The third kappa shape index (κ3) is 5.76. The zero-order valence-corrected chi connectivity index (χ0v) is 25.0. The molecule has 1 fully saturated rings. The molecular formula is C31H35Cl2N5O2. The Labute approximate surface area is 245 Å². The standard InChI is InChI=1S/C31H35Cl2N5O2/c1-19(2)35-15-21-9-10-25(36-30(21)40-5)24-8-6-7-22(27(24)32)23-11-13-34-29(28(23)33)38-14-12-20(3)26(38)16-37-17-31(4,39)18-37/h6-14,19,35,39H,15-18H2,1-5H3. The van der Waals surface area contributed by atoms with Crippen LogP contribution in [0.5, 0.6) is 5.88 Å². The molecule has 5 rings (SSSR count). The van der Waals surface area contributed by atoms with Crippen LogP contribution in [-0.2, 0) is 13.1 Å². The van der Waals surface area contributed by atoms with E-state index in [9.17, 15) is 5.11 Å². The summed E-state index contributed by atoms with van der Waals surface area (Å²) in [5.41, 5.74) is 5.66. The Bertz CT molecular complexity index is 1520. The number of aliphatic hydroxyl groups is 1. The number of halogens is 2. The Balaban J connectivity index is 1.50. The third-order valence-electron chi connectivity index (χ3n) is 7.22. The molecule has 1 aliphatic rings. The van der Waals surface area contributed by atoms with Gasteiger partial charge >= 0.3 is 0 Å². The highest BCUT2D eigenvalue weighted by molar-refractivity contribution is 6.38. The van der Waals surface area contributed by atoms with Crippen molar-refractivity contribution in [1.82, 2.24) is 24.8 Å². The highest BCUT2D eigenvalue weighted by atomic mass is 35.5. The Morgan fingerprint density at radius 1 is 1.05 bits per heavy atom. The van der Waals surface area contributed by atoms with Crippen molar-refractivity contribution < 1.29 is 9.84 Å². The number of benzene rings is 1. The smallest absolute Gasteiger partial charge is 0.218 e. The van der Waals surface area contributed by atoms with E-state index in [1.165, 1.54) is 0 Å². The first-order valence-corrected chi connectivity index (χ1v) is 14.2. The summed E-state index contributed by atoms with van der Waals surface area (Å²) >= 11 is 14.1. The van der Waals surface area contributed by atoms with Gasteiger partial charge in [-0.15, -0.1) is 0 Å². The van der Waals surface area contributed by atoms with Crippen LogP contribution < -0.4 is 10.1 Å². The van der Waals surface area contributed by atoms with Gasteiger partial charge in [-0.25, -0.2) is 9.97 Å². The number of hydrogen-bond donors (Lipinski definition) is 2. The van der Waals surface area contributed by atoms with Gasteiger partial charge in [0.15, 0.2) is 5.82 Å². The Morgan fingerprint density at radius 3 is 2.48 bits per heavy atom. The average molecular weight is 581 g/mol. The van der Waals surface area contributed by atoms with Crippen LogP contribution in [0.15, 0.2) is 54.9 Å². The molecule has 3 aromatic heterocycles. The number of methoxy groups -OCH3 is 1. The van der Waals surface area contributed by atoms with Crippen molar-refractivity contribution in [2.24, 2.45) is 0 Å². The Morgan fingerprint density at radius 2 is 1.77 bits per heavy atom. The number of ether oxygens (including phenoxy) is 1. The summed E-state index contributed by atoms with van der Waals surface area (Å²) in [6.07, 6.45) is 3.75. The lowest BCUT2D eigenvalue weighted by molar-refractivity contribution is -0.0877. The van der Waals surface area contributed by atoms with Crippen molar-refractivity contribution in [2.75, 3.05) is 20.2 Å². The van der Waals surface area contributed by atoms with Gasteiger partial charge in [0.25, 0.3) is 0 Å². The zero-order valence-electron chi connectivity index (χ0n) is 23.5. The largest absolute Gasteiger partial charge is 0.481 e. The predicted octanol–water partition coefficient (Wildman–Crippen LogP) is 6.29. The van der Waals surface area contributed by atoms with Crippen LogP contribution in [0, 0.1) is 6.92 Å². The summed E-state index contributed by atoms with van der Waals surface area (Å²) in [7, 11) is 1.63. The number of likely N-dealkylation sites (tertiary alicyclic amines) is 1. The van der Waals surface area contributed by atoms with Gasteiger partial charge in [0.2, 0.25) is 5.88 Å². The summed E-state index contributed by atoms with van der Waals surface area (Å²) in [5.74, 6) is 1.20. The molecule has 4 aromatic rings. The van der Waals surface area contributed by atoms with Gasteiger partial charge in [-0.1, -0.05) is 61.3 Å². The predicted molar refractivity (Wildman–Crippen MR) is 161 cm³/mol. The van der Waals surface area contributed by atoms with Crippen LogP contribution >= 0.6 is 23.2 Å². The van der Waals surface area contributed by atoms with Crippen molar-refractivity contribution in [3.63, 3.8) is 0 Å². The molecule has 4 heterocycles. The summed E-state index contributed by atoms with van der Waals surface area (Å²) in [5, 5.41) is 14.6.